The molecule has 5 heteroatoms. The lowest BCUT2D eigenvalue weighted by Gasteiger charge is -2.19. The second-order valence-electron chi connectivity index (χ2n) is 4.02. The van der Waals surface area contributed by atoms with Crippen LogP contribution in [0.5, 0.6) is 5.75 Å². The summed E-state index contributed by atoms with van der Waals surface area (Å²) >= 11 is 0. The summed E-state index contributed by atoms with van der Waals surface area (Å²) in [6.07, 6.45) is 1.48. The van der Waals surface area contributed by atoms with Crippen LogP contribution in [0.2, 0.25) is 0 Å². The van der Waals surface area contributed by atoms with Gasteiger partial charge in [0, 0.05) is 24.5 Å². The van der Waals surface area contributed by atoms with Crippen molar-refractivity contribution in [3.8, 4) is 5.75 Å². The quantitative estimate of drug-likeness (QED) is 0.919. The molecule has 0 aliphatic heterocycles. The molecular formula is C14H15FN2O2. The van der Waals surface area contributed by atoms with E-state index in [1.54, 1.807) is 31.2 Å². The van der Waals surface area contributed by atoms with Gasteiger partial charge in [-0.25, -0.2) is 9.37 Å². The van der Waals surface area contributed by atoms with Crippen LogP contribution in [-0.2, 0) is 6.61 Å². The lowest BCUT2D eigenvalue weighted by molar-refractivity contribution is 0.275. The molecule has 4 nitrogen and oxygen atoms in total. The van der Waals surface area contributed by atoms with Crippen LogP contribution < -0.4 is 9.64 Å². The molecule has 0 saturated carbocycles. The van der Waals surface area contributed by atoms with Gasteiger partial charge in [0.05, 0.1) is 13.7 Å². The largest absolute Gasteiger partial charge is 0.497 e. The first-order valence-corrected chi connectivity index (χ1v) is 5.79. The van der Waals surface area contributed by atoms with Crippen molar-refractivity contribution in [1.82, 2.24) is 4.98 Å². The molecule has 0 atom stereocenters. The standard InChI is InChI=1S/C14H15FN2O2/c1-17(11-3-5-12(19-2)6-4-11)14-13(15)10(9-18)7-8-16-14/h3-8,18H,9H2,1-2H3. The van der Waals surface area contributed by atoms with E-state index in [0.717, 1.165) is 11.4 Å². The van der Waals surface area contributed by atoms with Crippen LogP contribution in [-0.4, -0.2) is 24.2 Å². The monoisotopic (exact) mass is 262 g/mol. The molecule has 0 aliphatic rings. The van der Waals surface area contributed by atoms with E-state index < -0.39 is 5.82 Å². The summed E-state index contributed by atoms with van der Waals surface area (Å²) in [6, 6.07) is 8.66. The van der Waals surface area contributed by atoms with Crippen molar-refractivity contribution in [2.45, 2.75) is 6.61 Å². The Bertz CT molecular complexity index is 558. The molecule has 1 aromatic heterocycles. The molecule has 0 bridgehead atoms. The predicted octanol–water partition coefficient (Wildman–Crippen LogP) is 2.49. The minimum Gasteiger partial charge on any atom is -0.497 e. The summed E-state index contributed by atoms with van der Waals surface area (Å²) in [5.41, 5.74) is 1.01. The van der Waals surface area contributed by atoms with Crippen LogP contribution in [0, 0.1) is 5.82 Å². The van der Waals surface area contributed by atoms with Gasteiger partial charge in [-0.3, -0.25) is 0 Å². The fraction of sp³-hybridized carbons (Fsp3) is 0.214. The molecular weight excluding hydrogens is 247 g/mol. The van der Waals surface area contributed by atoms with E-state index in [2.05, 4.69) is 4.98 Å². The maximum absolute atomic E-state index is 14.1. The highest BCUT2D eigenvalue weighted by Crippen LogP contribution is 2.27. The van der Waals surface area contributed by atoms with E-state index in [1.807, 2.05) is 12.1 Å². The molecule has 0 saturated heterocycles. The summed E-state index contributed by atoms with van der Waals surface area (Å²) in [4.78, 5) is 5.63. The summed E-state index contributed by atoms with van der Waals surface area (Å²) in [5.74, 6) is 0.398. The second kappa shape index (κ2) is 5.67. The van der Waals surface area contributed by atoms with E-state index in [1.165, 1.54) is 12.3 Å². The molecule has 0 aliphatic carbocycles. The molecule has 1 aromatic carbocycles. The number of methoxy groups -OCH3 is 1. The average molecular weight is 262 g/mol. The number of anilines is 2. The zero-order valence-corrected chi connectivity index (χ0v) is 10.8. The van der Waals surface area contributed by atoms with E-state index in [9.17, 15) is 4.39 Å². The third-order valence-corrected chi connectivity index (χ3v) is 2.90. The highest BCUT2D eigenvalue weighted by Gasteiger charge is 2.14. The zero-order valence-electron chi connectivity index (χ0n) is 10.8. The van der Waals surface area contributed by atoms with Gasteiger partial charge in [-0.1, -0.05) is 0 Å². The van der Waals surface area contributed by atoms with Crippen molar-refractivity contribution < 1.29 is 14.2 Å². The van der Waals surface area contributed by atoms with Crippen molar-refractivity contribution in [3.63, 3.8) is 0 Å². The van der Waals surface area contributed by atoms with Crippen LogP contribution in [0.4, 0.5) is 15.9 Å². The van der Waals surface area contributed by atoms with E-state index in [-0.39, 0.29) is 18.0 Å². The summed E-state index contributed by atoms with van der Waals surface area (Å²) in [5, 5.41) is 9.06. The number of aliphatic hydroxyl groups is 1. The molecule has 0 fully saturated rings. The Kier molecular flexibility index (Phi) is 3.97. The van der Waals surface area contributed by atoms with Gasteiger partial charge in [-0.2, -0.15) is 0 Å². The fourth-order valence-corrected chi connectivity index (χ4v) is 1.76. The maximum atomic E-state index is 14.1. The zero-order chi connectivity index (χ0) is 13.8. The van der Waals surface area contributed by atoms with Crippen LogP contribution >= 0.6 is 0 Å². The highest BCUT2D eigenvalue weighted by molar-refractivity contribution is 5.61. The maximum Gasteiger partial charge on any atom is 0.171 e. The van der Waals surface area contributed by atoms with E-state index >= 15 is 0 Å². The van der Waals surface area contributed by atoms with Gasteiger partial charge < -0.3 is 14.7 Å². The Morgan fingerprint density at radius 2 is 1.95 bits per heavy atom. The van der Waals surface area contributed by atoms with Gasteiger partial charge in [0.15, 0.2) is 11.6 Å². The Labute approximate surface area is 111 Å². The summed E-state index contributed by atoms with van der Waals surface area (Å²) < 4.78 is 19.1. The number of hydrogen-bond acceptors (Lipinski definition) is 4. The van der Waals surface area contributed by atoms with Gasteiger partial charge in [0.1, 0.15) is 5.75 Å². The molecule has 2 rings (SSSR count). The Morgan fingerprint density at radius 3 is 2.53 bits per heavy atom. The van der Waals surface area contributed by atoms with Crippen LogP contribution in [0.15, 0.2) is 36.5 Å². The number of halogens is 1. The molecule has 0 amide bonds. The third-order valence-electron chi connectivity index (χ3n) is 2.90. The molecule has 100 valence electrons. The normalized spacial score (nSPS) is 10.3. The Balaban J connectivity index is 2.35. The first-order valence-electron chi connectivity index (χ1n) is 5.79. The number of aliphatic hydroxyl groups excluding tert-OH is 1. The minimum absolute atomic E-state index is 0.178. The summed E-state index contributed by atoms with van der Waals surface area (Å²) in [6.45, 7) is -0.349. The lowest BCUT2D eigenvalue weighted by Crippen LogP contribution is -2.14. The lowest BCUT2D eigenvalue weighted by atomic mass is 10.2. The number of pyridine rings is 1. The minimum atomic E-state index is -0.511. The van der Waals surface area contributed by atoms with Crippen LogP contribution in [0.1, 0.15) is 5.56 Å². The number of aromatic nitrogens is 1. The molecule has 1 N–H and O–H groups in total. The third kappa shape index (κ3) is 2.66. The van der Waals surface area contributed by atoms with Crippen LogP contribution in [0.25, 0.3) is 0 Å². The van der Waals surface area contributed by atoms with Gasteiger partial charge in [0.2, 0.25) is 0 Å². The number of nitrogens with zero attached hydrogens (tertiary/aromatic N) is 2. The number of hydrogen-bond donors (Lipinski definition) is 1. The first kappa shape index (κ1) is 13.3. The second-order valence-corrected chi connectivity index (χ2v) is 4.02. The molecule has 1 heterocycles. The van der Waals surface area contributed by atoms with Crippen molar-refractivity contribution in [2.24, 2.45) is 0 Å². The van der Waals surface area contributed by atoms with Crippen molar-refractivity contribution in [1.29, 1.82) is 0 Å². The summed E-state index contributed by atoms with van der Waals surface area (Å²) in [7, 11) is 3.30. The molecule has 2 aromatic rings. The predicted molar refractivity (Wildman–Crippen MR) is 71.2 cm³/mol. The topological polar surface area (TPSA) is 45.6 Å². The van der Waals surface area contributed by atoms with Gasteiger partial charge in [-0.05, 0) is 30.3 Å². The SMILES string of the molecule is COc1ccc(N(C)c2nccc(CO)c2F)cc1. The fourth-order valence-electron chi connectivity index (χ4n) is 1.76. The first-order chi connectivity index (χ1) is 9.17. The number of rotatable bonds is 4. The van der Waals surface area contributed by atoms with Gasteiger partial charge >= 0.3 is 0 Å². The smallest absolute Gasteiger partial charge is 0.171 e. The van der Waals surface area contributed by atoms with Crippen molar-refractivity contribution >= 4 is 11.5 Å². The average Bonchev–Trinajstić information content (AvgIpc) is 2.47. The highest BCUT2D eigenvalue weighted by atomic mass is 19.1. The van der Waals surface area contributed by atoms with Crippen molar-refractivity contribution in [3.05, 3.63) is 47.9 Å². The van der Waals surface area contributed by atoms with Crippen LogP contribution in [0.3, 0.4) is 0 Å². The molecule has 0 radical (unpaired) electrons. The Morgan fingerprint density at radius 1 is 1.26 bits per heavy atom. The molecule has 0 unspecified atom stereocenters. The Hall–Kier alpha value is -2.14. The number of benzene rings is 1. The van der Waals surface area contributed by atoms with Gasteiger partial charge in [0.25, 0.3) is 0 Å². The van der Waals surface area contributed by atoms with Gasteiger partial charge in [-0.15, -0.1) is 0 Å². The van der Waals surface area contributed by atoms with E-state index in [4.69, 9.17) is 9.84 Å². The van der Waals surface area contributed by atoms with Crippen molar-refractivity contribution in [2.75, 3.05) is 19.1 Å². The van der Waals surface area contributed by atoms with E-state index in [0.29, 0.717) is 0 Å². The molecule has 19 heavy (non-hydrogen) atoms. The molecule has 0 spiro atoms. The number of ether oxygens (including phenoxy) is 1.